The number of aryl methyl sites for hydroxylation is 1. The Kier molecular flexibility index (Phi) is 10.0. The summed E-state index contributed by atoms with van der Waals surface area (Å²) >= 11 is 12.4. The van der Waals surface area contributed by atoms with E-state index in [1.165, 1.54) is 5.56 Å². The molecule has 32 heavy (non-hydrogen) atoms. The molecule has 0 unspecified atom stereocenters. The largest absolute Gasteiger partial charge is 0.354 e. The maximum absolute atomic E-state index is 13.2. The summed E-state index contributed by atoms with van der Waals surface area (Å²) in [5.41, 5.74) is 3.13. The molecular formula is C26H34Cl2N2O2. The molecule has 1 N–H and O–H groups in total. The van der Waals surface area contributed by atoms with Gasteiger partial charge < -0.3 is 10.2 Å². The standard InChI is InChI=1S/C26H34Cl2N2O2/c1-17(2)15-29-26(32)19(5)30(16-22-11-12-23(27)14-24(22)28)25(31)13-8-20-6-9-21(10-7-20)18(3)4/h6-7,9-12,14,17-19H,8,13,15-16H2,1-5H3,(H,29,32)/t19-/m0/s1. The molecule has 0 spiro atoms. The molecule has 6 heteroatoms. The van der Waals surface area contributed by atoms with Crippen LogP contribution in [-0.2, 0) is 22.6 Å². The van der Waals surface area contributed by atoms with Crippen LogP contribution in [0.15, 0.2) is 42.5 Å². The first-order chi connectivity index (χ1) is 15.1. The summed E-state index contributed by atoms with van der Waals surface area (Å²) < 4.78 is 0. The van der Waals surface area contributed by atoms with E-state index in [0.717, 1.165) is 11.1 Å². The zero-order valence-electron chi connectivity index (χ0n) is 19.6. The first-order valence-corrected chi connectivity index (χ1v) is 11.9. The van der Waals surface area contributed by atoms with Gasteiger partial charge in [-0.05, 0) is 54.0 Å². The smallest absolute Gasteiger partial charge is 0.242 e. The van der Waals surface area contributed by atoms with Crippen LogP contribution < -0.4 is 5.32 Å². The number of nitrogens with zero attached hydrogens (tertiary/aromatic N) is 1. The molecule has 0 heterocycles. The number of nitrogens with one attached hydrogen (secondary N) is 1. The average Bonchev–Trinajstić information content (AvgIpc) is 2.75. The molecule has 0 aliphatic rings. The van der Waals surface area contributed by atoms with E-state index in [4.69, 9.17) is 23.2 Å². The lowest BCUT2D eigenvalue weighted by atomic mass is 10.00. The topological polar surface area (TPSA) is 49.4 Å². The van der Waals surface area contributed by atoms with Crippen LogP contribution >= 0.6 is 23.2 Å². The zero-order valence-corrected chi connectivity index (χ0v) is 21.1. The highest BCUT2D eigenvalue weighted by atomic mass is 35.5. The van der Waals surface area contributed by atoms with Crippen molar-refractivity contribution in [3.63, 3.8) is 0 Å². The van der Waals surface area contributed by atoms with E-state index in [9.17, 15) is 9.59 Å². The van der Waals surface area contributed by atoms with E-state index >= 15 is 0 Å². The van der Waals surface area contributed by atoms with Gasteiger partial charge in [0, 0.05) is 29.6 Å². The van der Waals surface area contributed by atoms with Gasteiger partial charge in [-0.1, -0.05) is 81.2 Å². The van der Waals surface area contributed by atoms with Crippen molar-refractivity contribution < 1.29 is 9.59 Å². The van der Waals surface area contributed by atoms with Crippen LogP contribution in [-0.4, -0.2) is 29.3 Å². The third-order valence-corrected chi connectivity index (χ3v) is 6.07. The van der Waals surface area contributed by atoms with Gasteiger partial charge in [-0.15, -0.1) is 0 Å². The van der Waals surface area contributed by atoms with E-state index in [0.29, 0.717) is 41.3 Å². The lowest BCUT2D eigenvalue weighted by Crippen LogP contribution is -2.48. The SMILES string of the molecule is CC(C)CNC(=O)[C@H](C)N(Cc1ccc(Cl)cc1Cl)C(=O)CCc1ccc(C(C)C)cc1. The summed E-state index contributed by atoms with van der Waals surface area (Å²) in [6.45, 7) is 11.0. The molecule has 174 valence electrons. The van der Waals surface area contributed by atoms with Gasteiger partial charge in [0.1, 0.15) is 6.04 Å². The monoisotopic (exact) mass is 476 g/mol. The molecule has 0 aliphatic heterocycles. The van der Waals surface area contributed by atoms with E-state index in [1.807, 2.05) is 13.8 Å². The quantitative estimate of drug-likeness (QED) is 0.441. The summed E-state index contributed by atoms with van der Waals surface area (Å²) in [6, 6.07) is 12.9. The highest BCUT2D eigenvalue weighted by Gasteiger charge is 2.26. The van der Waals surface area contributed by atoms with Gasteiger partial charge in [0.05, 0.1) is 0 Å². The highest BCUT2D eigenvalue weighted by Crippen LogP contribution is 2.24. The van der Waals surface area contributed by atoms with Crippen LogP contribution in [0.4, 0.5) is 0 Å². The molecule has 0 saturated heterocycles. The Morgan fingerprint density at radius 3 is 2.19 bits per heavy atom. The molecule has 0 aliphatic carbocycles. The summed E-state index contributed by atoms with van der Waals surface area (Å²) in [4.78, 5) is 27.6. The highest BCUT2D eigenvalue weighted by molar-refractivity contribution is 6.35. The fourth-order valence-electron chi connectivity index (χ4n) is 3.33. The van der Waals surface area contributed by atoms with Crippen LogP contribution in [0.3, 0.4) is 0 Å². The van der Waals surface area contributed by atoms with Crippen molar-refractivity contribution in [3.8, 4) is 0 Å². The van der Waals surface area contributed by atoms with Crippen molar-refractivity contribution in [2.45, 2.75) is 66.0 Å². The number of benzene rings is 2. The van der Waals surface area contributed by atoms with Crippen LogP contribution in [0.2, 0.25) is 10.0 Å². The summed E-state index contributed by atoms with van der Waals surface area (Å²) in [5, 5.41) is 3.94. The Morgan fingerprint density at radius 2 is 1.62 bits per heavy atom. The van der Waals surface area contributed by atoms with Gasteiger partial charge in [-0.3, -0.25) is 9.59 Å². The first-order valence-electron chi connectivity index (χ1n) is 11.2. The van der Waals surface area contributed by atoms with Crippen molar-refractivity contribution in [2.75, 3.05) is 6.54 Å². The minimum absolute atomic E-state index is 0.0869. The number of amides is 2. The maximum atomic E-state index is 13.2. The van der Waals surface area contributed by atoms with Crippen molar-refractivity contribution in [2.24, 2.45) is 5.92 Å². The van der Waals surface area contributed by atoms with Crippen LogP contribution in [0.25, 0.3) is 0 Å². The minimum Gasteiger partial charge on any atom is -0.354 e. The van der Waals surface area contributed by atoms with Crippen LogP contribution in [0.5, 0.6) is 0 Å². The van der Waals surface area contributed by atoms with Crippen molar-refractivity contribution >= 4 is 35.0 Å². The summed E-state index contributed by atoms with van der Waals surface area (Å²) in [7, 11) is 0. The molecule has 1 atom stereocenters. The maximum Gasteiger partial charge on any atom is 0.242 e. The van der Waals surface area contributed by atoms with Gasteiger partial charge >= 0.3 is 0 Å². The Bertz CT molecular complexity index is 911. The number of halogens is 2. The molecule has 2 aromatic carbocycles. The fraction of sp³-hybridized carbons (Fsp3) is 0.462. The number of carbonyl (C=O) groups is 2. The van der Waals surface area contributed by atoms with E-state index < -0.39 is 6.04 Å². The molecule has 2 amide bonds. The van der Waals surface area contributed by atoms with Gasteiger partial charge in [0.2, 0.25) is 11.8 Å². The Balaban J connectivity index is 2.15. The Labute approximate surface area is 202 Å². The summed E-state index contributed by atoms with van der Waals surface area (Å²) in [6.07, 6.45) is 0.927. The van der Waals surface area contributed by atoms with E-state index in [2.05, 4.69) is 43.4 Å². The second-order valence-electron chi connectivity index (χ2n) is 8.97. The van der Waals surface area contributed by atoms with Crippen LogP contribution in [0, 0.1) is 5.92 Å². The molecule has 0 aromatic heterocycles. The normalized spacial score (nSPS) is 12.2. The van der Waals surface area contributed by atoms with Crippen LogP contribution in [0.1, 0.15) is 63.6 Å². The van der Waals surface area contributed by atoms with Gasteiger partial charge in [-0.25, -0.2) is 0 Å². The third kappa shape index (κ3) is 7.83. The van der Waals surface area contributed by atoms with Gasteiger partial charge in [0.15, 0.2) is 0 Å². The number of rotatable bonds is 10. The van der Waals surface area contributed by atoms with Crippen molar-refractivity contribution in [1.82, 2.24) is 10.2 Å². The van der Waals surface area contributed by atoms with E-state index in [-0.39, 0.29) is 18.4 Å². The Hall–Kier alpha value is -2.04. The molecule has 0 saturated carbocycles. The lowest BCUT2D eigenvalue weighted by molar-refractivity contribution is -0.140. The lowest BCUT2D eigenvalue weighted by Gasteiger charge is -2.29. The van der Waals surface area contributed by atoms with Crippen molar-refractivity contribution in [3.05, 3.63) is 69.2 Å². The van der Waals surface area contributed by atoms with Crippen molar-refractivity contribution in [1.29, 1.82) is 0 Å². The average molecular weight is 477 g/mol. The Morgan fingerprint density at radius 1 is 0.969 bits per heavy atom. The fourth-order valence-corrected chi connectivity index (χ4v) is 3.80. The van der Waals surface area contributed by atoms with Gasteiger partial charge in [0.25, 0.3) is 0 Å². The molecule has 0 bridgehead atoms. The number of hydrogen-bond acceptors (Lipinski definition) is 2. The van der Waals surface area contributed by atoms with Gasteiger partial charge in [-0.2, -0.15) is 0 Å². The number of carbonyl (C=O) groups excluding carboxylic acids is 2. The second kappa shape index (κ2) is 12.3. The minimum atomic E-state index is -0.615. The molecule has 2 aromatic rings. The molecule has 2 rings (SSSR count). The predicted molar refractivity (Wildman–Crippen MR) is 133 cm³/mol. The molecular weight excluding hydrogens is 443 g/mol. The number of hydrogen-bond donors (Lipinski definition) is 1. The van der Waals surface area contributed by atoms with E-state index in [1.54, 1.807) is 30.0 Å². The zero-order chi connectivity index (χ0) is 23.8. The summed E-state index contributed by atoms with van der Waals surface area (Å²) in [5.74, 6) is 0.542. The second-order valence-corrected chi connectivity index (χ2v) is 9.81. The third-order valence-electron chi connectivity index (χ3n) is 5.48. The molecule has 4 nitrogen and oxygen atoms in total. The predicted octanol–water partition coefficient (Wildman–Crippen LogP) is 6.24. The molecule has 0 fully saturated rings. The first kappa shape index (κ1) is 26.2. The molecule has 0 radical (unpaired) electrons.